The molecule has 17 heavy (non-hydrogen) atoms. The molecule has 1 heterocycles. The first kappa shape index (κ1) is 12.3. The molecule has 2 heteroatoms. The maximum atomic E-state index is 12.1. The Hall–Kier alpha value is -1.15. The van der Waals surface area contributed by atoms with Crippen LogP contribution in [0.3, 0.4) is 0 Å². The molecular formula is C15H21NO. The Bertz CT molecular complexity index is 361. The Labute approximate surface area is 103 Å². The molecule has 1 unspecified atom stereocenters. The van der Waals surface area contributed by atoms with Crippen molar-refractivity contribution >= 4 is 5.78 Å². The zero-order chi connectivity index (χ0) is 12.1. The quantitative estimate of drug-likeness (QED) is 0.810. The fraction of sp³-hybridized carbons (Fsp3) is 0.533. The normalized spacial score (nSPS) is 20.9. The Kier molecular flexibility index (Phi) is 4.32. The van der Waals surface area contributed by atoms with Crippen LogP contribution >= 0.6 is 0 Å². The predicted octanol–water partition coefficient (Wildman–Crippen LogP) is 3.10. The number of benzene rings is 1. The monoisotopic (exact) mass is 231 g/mol. The van der Waals surface area contributed by atoms with E-state index in [0.717, 1.165) is 18.5 Å². The van der Waals surface area contributed by atoms with Crippen LogP contribution in [0.1, 0.15) is 48.0 Å². The van der Waals surface area contributed by atoms with Gasteiger partial charge in [0.1, 0.15) is 0 Å². The van der Waals surface area contributed by atoms with Crippen LogP contribution < -0.4 is 5.32 Å². The van der Waals surface area contributed by atoms with E-state index in [-0.39, 0.29) is 5.78 Å². The summed E-state index contributed by atoms with van der Waals surface area (Å²) in [5, 5.41) is 3.47. The summed E-state index contributed by atoms with van der Waals surface area (Å²) in [6.45, 7) is 3.10. The molecule has 0 aliphatic carbocycles. The minimum absolute atomic E-state index is 0.268. The molecular weight excluding hydrogens is 210 g/mol. The van der Waals surface area contributed by atoms with Crippen LogP contribution in [0.2, 0.25) is 0 Å². The van der Waals surface area contributed by atoms with E-state index in [0.29, 0.717) is 12.5 Å². The molecule has 1 aromatic rings. The number of carbonyl (C=O) groups excluding carboxylic acids is 1. The number of rotatable bonds is 3. The van der Waals surface area contributed by atoms with Crippen molar-refractivity contribution in [2.24, 2.45) is 0 Å². The Morgan fingerprint density at radius 2 is 2.00 bits per heavy atom. The Balaban J connectivity index is 1.93. The molecule has 1 atom stereocenters. The molecule has 0 spiro atoms. The van der Waals surface area contributed by atoms with Gasteiger partial charge in [0, 0.05) is 18.0 Å². The van der Waals surface area contributed by atoms with E-state index in [9.17, 15) is 4.79 Å². The summed E-state index contributed by atoms with van der Waals surface area (Å²) in [5.41, 5.74) is 2.05. The Morgan fingerprint density at radius 1 is 1.24 bits per heavy atom. The van der Waals surface area contributed by atoms with Gasteiger partial charge in [0.25, 0.3) is 0 Å². The molecule has 92 valence electrons. The van der Waals surface area contributed by atoms with Crippen molar-refractivity contribution in [2.75, 3.05) is 6.54 Å². The first-order valence-corrected chi connectivity index (χ1v) is 6.59. The minimum atomic E-state index is 0.268. The fourth-order valence-electron chi connectivity index (χ4n) is 2.36. The van der Waals surface area contributed by atoms with Crippen LogP contribution in [0.5, 0.6) is 0 Å². The number of hydrogen-bond acceptors (Lipinski definition) is 2. The van der Waals surface area contributed by atoms with Gasteiger partial charge < -0.3 is 5.32 Å². The molecule has 2 rings (SSSR count). The topological polar surface area (TPSA) is 29.1 Å². The summed E-state index contributed by atoms with van der Waals surface area (Å²) < 4.78 is 0. The zero-order valence-corrected chi connectivity index (χ0v) is 10.5. The van der Waals surface area contributed by atoms with Gasteiger partial charge in [0.2, 0.25) is 0 Å². The molecule has 0 saturated carbocycles. The van der Waals surface area contributed by atoms with E-state index >= 15 is 0 Å². The lowest BCUT2D eigenvalue weighted by molar-refractivity contribution is 0.0968. The molecule has 1 aromatic carbocycles. The van der Waals surface area contributed by atoms with Crippen LogP contribution in [0.25, 0.3) is 0 Å². The highest BCUT2D eigenvalue weighted by molar-refractivity contribution is 5.96. The third-order valence-electron chi connectivity index (χ3n) is 3.47. The molecule has 1 aliphatic heterocycles. The smallest absolute Gasteiger partial charge is 0.164 e. The second kappa shape index (κ2) is 5.97. The molecule has 0 bridgehead atoms. The lowest BCUT2D eigenvalue weighted by Gasteiger charge is -2.14. The van der Waals surface area contributed by atoms with Crippen LogP contribution in [0, 0.1) is 6.92 Å². The maximum absolute atomic E-state index is 12.1. The molecule has 1 aliphatic rings. The highest BCUT2D eigenvalue weighted by Gasteiger charge is 2.16. The summed E-state index contributed by atoms with van der Waals surface area (Å²) in [5.74, 6) is 0.268. The number of ketones is 1. The first-order valence-electron chi connectivity index (χ1n) is 6.59. The fourth-order valence-corrected chi connectivity index (χ4v) is 2.36. The number of Topliss-reactive ketones (excluding diaryl/α,β-unsaturated/α-hetero) is 1. The summed E-state index contributed by atoms with van der Waals surface area (Å²) >= 11 is 0. The standard InChI is InChI=1S/C15H21NO/c1-12-6-8-13(9-7-12)15(17)11-14-5-3-2-4-10-16-14/h6-9,14,16H,2-5,10-11H2,1H3. The van der Waals surface area contributed by atoms with Crippen molar-refractivity contribution in [1.82, 2.24) is 5.32 Å². The minimum Gasteiger partial charge on any atom is -0.314 e. The molecule has 2 nitrogen and oxygen atoms in total. The molecule has 1 saturated heterocycles. The van der Waals surface area contributed by atoms with E-state index in [1.54, 1.807) is 0 Å². The third-order valence-corrected chi connectivity index (χ3v) is 3.47. The van der Waals surface area contributed by atoms with Crippen molar-refractivity contribution in [3.63, 3.8) is 0 Å². The van der Waals surface area contributed by atoms with Gasteiger partial charge in [0.15, 0.2) is 5.78 Å². The molecule has 0 radical (unpaired) electrons. The van der Waals surface area contributed by atoms with Crippen LogP contribution in [-0.4, -0.2) is 18.4 Å². The maximum Gasteiger partial charge on any atom is 0.164 e. The number of aryl methyl sites for hydroxylation is 1. The lowest BCUT2D eigenvalue weighted by Crippen LogP contribution is -2.30. The largest absolute Gasteiger partial charge is 0.314 e. The second-order valence-corrected chi connectivity index (χ2v) is 4.99. The van der Waals surface area contributed by atoms with Gasteiger partial charge in [0.05, 0.1) is 0 Å². The molecule has 0 aromatic heterocycles. The van der Waals surface area contributed by atoms with E-state index < -0.39 is 0 Å². The van der Waals surface area contributed by atoms with Gasteiger partial charge in [-0.1, -0.05) is 42.7 Å². The highest BCUT2D eigenvalue weighted by atomic mass is 16.1. The predicted molar refractivity (Wildman–Crippen MR) is 70.4 cm³/mol. The van der Waals surface area contributed by atoms with Gasteiger partial charge >= 0.3 is 0 Å². The van der Waals surface area contributed by atoms with Crippen molar-refractivity contribution in [3.8, 4) is 0 Å². The number of carbonyl (C=O) groups is 1. The van der Waals surface area contributed by atoms with Gasteiger partial charge in [-0.3, -0.25) is 4.79 Å². The van der Waals surface area contributed by atoms with Crippen molar-refractivity contribution in [2.45, 2.75) is 45.1 Å². The van der Waals surface area contributed by atoms with Crippen molar-refractivity contribution in [1.29, 1.82) is 0 Å². The van der Waals surface area contributed by atoms with Crippen LogP contribution in [0.4, 0.5) is 0 Å². The third kappa shape index (κ3) is 3.67. The first-order chi connectivity index (χ1) is 8.25. The van der Waals surface area contributed by atoms with Gasteiger partial charge in [-0.05, 0) is 26.3 Å². The summed E-state index contributed by atoms with van der Waals surface area (Å²) in [6, 6.07) is 8.27. The summed E-state index contributed by atoms with van der Waals surface area (Å²) in [7, 11) is 0. The number of hydrogen-bond donors (Lipinski definition) is 1. The van der Waals surface area contributed by atoms with Gasteiger partial charge in [-0.2, -0.15) is 0 Å². The van der Waals surface area contributed by atoms with Crippen LogP contribution in [-0.2, 0) is 0 Å². The Morgan fingerprint density at radius 3 is 2.76 bits per heavy atom. The SMILES string of the molecule is Cc1ccc(C(=O)CC2CCCCCN2)cc1. The summed E-state index contributed by atoms with van der Waals surface area (Å²) in [6.07, 6.45) is 5.57. The van der Waals surface area contributed by atoms with Gasteiger partial charge in [-0.15, -0.1) is 0 Å². The second-order valence-electron chi connectivity index (χ2n) is 4.99. The van der Waals surface area contributed by atoms with E-state index in [4.69, 9.17) is 0 Å². The van der Waals surface area contributed by atoms with E-state index in [1.807, 2.05) is 31.2 Å². The molecule has 1 fully saturated rings. The average molecular weight is 231 g/mol. The van der Waals surface area contributed by atoms with Crippen LogP contribution in [0.15, 0.2) is 24.3 Å². The molecule has 0 amide bonds. The van der Waals surface area contributed by atoms with E-state index in [1.165, 1.54) is 24.8 Å². The zero-order valence-electron chi connectivity index (χ0n) is 10.5. The van der Waals surface area contributed by atoms with Gasteiger partial charge in [-0.25, -0.2) is 0 Å². The number of nitrogens with one attached hydrogen (secondary N) is 1. The highest BCUT2D eigenvalue weighted by Crippen LogP contribution is 2.14. The van der Waals surface area contributed by atoms with Crippen molar-refractivity contribution in [3.05, 3.63) is 35.4 Å². The van der Waals surface area contributed by atoms with E-state index in [2.05, 4.69) is 5.32 Å². The summed E-state index contributed by atoms with van der Waals surface area (Å²) in [4.78, 5) is 12.1. The lowest BCUT2D eigenvalue weighted by atomic mass is 10.00. The van der Waals surface area contributed by atoms with Crippen molar-refractivity contribution < 1.29 is 4.79 Å². The average Bonchev–Trinajstić information content (AvgIpc) is 2.58. The molecule has 1 N–H and O–H groups in total.